The number of fused-ring (bicyclic) bond motifs is 1. The summed E-state index contributed by atoms with van der Waals surface area (Å²) in [5.41, 5.74) is 8.56. The summed E-state index contributed by atoms with van der Waals surface area (Å²) >= 11 is 0. The third-order valence-electron chi connectivity index (χ3n) is 3.38. The summed E-state index contributed by atoms with van der Waals surface area (Å²) in [6.07, 6.45) is 2.41. The van der Waals surface area contributed by atoms with E-state index in [9.17, 15) is 0 Å². The first-order valence-electron chi connectivity index (χ1n) is 6.29. The van der Waals surface area contributed by atoms with Gasteiger partial charge in [0.1, 0.15) is 0 Å². The third kappa shape index (κ3) is 2.83. The average Bonchev–Trinajstić information content (AvgIpc) is 2.68. The summed E-state index contributed by atoms with van der Waals surface area (Å²) in [7, 11) is 0. The number of benzene rings is 1. The number of hydrogen-bond donors (Lipinski definition) is 1. The molecule has 1 atom stereocenters. The Morgan fingerprint density at radius 1 is 1.25 bits per heavy atom. The van der Waals surface area contributed by atoms with Crippen LogP contribution in [0.4, 0.5) is 0 Å². The van der Waals surface area contributed by atoms with Crippen molar-refractivity contribution >= 4 is 0 Å². The fourth-order valence-corrected chi connectivity index (χ4v) is 2.53. The molecule has 1 heterocycles. The van der Waals surface area contributed by atoms with E-state index in [4.69, 9.17) is 5.73 Å². The second-order valence-corrected chi connectivity index (χ2v) is 4.97. The maximum Gasteiger partial charge on any atom is 0.0240 e. The molecule has 0 aliphatic carbocycles. The van der Waals surface area contributed by atoms with Crippen molar-refractivity contribution in [2.75, 3.05) is 13.1 Å². The number of rotatable bonds is 5. The molecule has 0 saturated heterocycles. The molecule has 1 aromatic carbocycles. The van der Waals surface area contributed by atoms with Gasteiger partial charge in [0.15, 0.2) is 0 Å². The molecule has 1 aliphatic rings. The van der Waals surface area contributed by atoms with Crippen molar-refractivity contribution in [1.29, 1.82) is 0 Å². The van der Waals surface area contributed by atoms with Crippen molar-refractivity contribution in [1.82, 2.24) is 4.90 Å². The van der Waals surface area contributed by atoms with Gasteiger partial charge < -0.3 is 5.73 Å². The molecular formula is C14H22N2. The van der Waals surface area contributed by atoms with Gasteiger partial charge in [-0.15, -0.1) is 0 Å². The van der Waals surface area contributed by atoms with Gasteiger partial charge in [-0.2, -0.15) is 0 Å². The van der Waals surface area contributed by atoms with Crippen LogP contribution in [-0.2, 0) is 13.1 Å². The van der Waals surface area contributed by atoms with Crippen molar-refractivity contribution in [3.63, 3.8) is 0 Å². The van der Waals surface area contributed by atoms with E-state index in [1.165, 1.54) is 24.1 Å². The molecule has 0 spiro atoms. The highest BCUT2D eigenvalue weighted by Crippen LogP contribution is 2.23. The monoisotopic (exact) mass is 218 g/mol. The van der Waals surface area contributed by atoms with Crippen LogP contribution in [0.3, 0.4) is 0 Å². The molecule has 1 aromatic rings. The van der Waals surface area contributed by atoms with Crippen LogP contribution in [0.15, 0.2) is 24.3 Å². The lowest BCUT2D eigenvalue weighted by Gasteiger charge is -2.19. The molecule has 0 bridgehead atoms. The van der Waals surface area contributed by atoms with Crippen molar-refractivity contribution in [2.24, 2.45) is 11.7 Å². The van der Waals surface area contributed by atoms with Crippen LogP contribution in [0.25, 0.3) is 0 Å². The minimum absolute atomic E-state index is 0.762. The topological polar surface area (TPSA) is 29.3 Å². The summed E-state index contributed by atoms with van der Waals surface area (Å²) in [6, 6.07) is 8.78. The van der Waals surface area contributed by atoms with E-state index in [0.717, 1.165) is 32.0 Å². The SMILES string of the molecule is CC(CCCN)CN1Cc2ccccc2C1. The highest BCUT2D eigenvalue weighted by atomic mass is 15.1. The maximum absolute atomic E-state index is 5.54. The number of nitrogens with zero attached hydrogens (tertiary/aromatic N) is 1. The van der Waals surface area contributed by atoms with Crippen LogP contribution in [0.2, 0.25) is 0 Å². The van der Waals surface area contributed by atoms with Crippen molar-refractivity contribution in [3.05, 3.63) is 35.4 Å². The van der Waals surface area contributed by atoms with E-state index >= 15 is 0 Å². The summed E-state index contributed by atoms with van der Waals surface area (Å²) in [4.78, 5) is 2.55. The Hall–Kier alpha value is -0.860. The molecule has 0 amide bonds. The van der Waals surface area contributed by atoms with Crippen LogP contribution in [-0.4, -0.2) is 18.0 Å². The molecule has 0 fully saturated rings. The Morgan fingerprint density at radius 2 is 1.88 bits per heavy atom. The van der Waals surface area contributed by atoms with Gasteiger partial charge in [0.25, 0.3) is 0 Å². The molecule has 0 aromatic heterocycles. The number of nitrogens with two attached hydrogens (primary N) is 1. The van der Waals surface area contributed by atoms with Crippen molar-refractivity contribution in [2.45, 2.75) is 32.9 Å². The Balaban J connectivity index is 1.82. The summed E-state index contributed by atoms with van der Waals surface area (Å²) in [5, 5.41) is 0. The molecule has 0 saturated carbocycles. The molecule has 2 nitrogen and oxygen atoms in total. The molecule has 0 radical (unpaired) electrons. The summed E-state index contributed by atoms with van der Waals surface area (Å²) in [6.45, 7) is 6.62. The van der Waals surface area contributed by atoms with Gasteiger partial charge >= 0.3 is 0 Å². The lowest BCUT2D eigenvalue weighted by Crippen LogP contribution is -2.23. The number of hydrogen-bond acceptors (Lipinski definition) is 2. The highest BCUT2D eigenvalue weighted by Gasteiger charge is 2.19. The minimum Gasteiger partial charge on any atom is -0.330 e. The Labute approximate surface area is 98.4 Å². The largest absolute Gasteiger partial charge is 0.330 e. The molecule has 2 N–H and O–H groups in total. The Morgan fingerprint density at radius 3 is 2.44 bits per heavy atom. The smallest absolute Gasteiger partial charge is 0.0240 e. The van der Waals surface area contributed by atoms with Gasteiger partial charge in [0, 0.05) is 19.6 Å². The van der Waals surface area contributed by atoms with E-state index in [-0.39, 0.29) is 0 Å². The van der Waals surface area contributed by atoms with Gasteiger partial charge in [-0.25, -0.2) is 0 Å². The van der Waals surface area contributed by atoms with E-state index in [2.05, 4.69) is 36.1 Å². The van der Waals surface area contributed by atoms with E-state index in [1.807, 2.05) is 0 Å². The zero-order chi connectivity index (χ0) is 11.4. The first-order valence-corrected chi connectivity index (χ1v) is 6.29. The third-order valence-corrected chi connectivity index (χ3v) is 3.38. The maximum atomic E-state index is 5.54. The lowest BCUT2D eigenvalue weighted by molar-refractivity contribution is 0.236. The van der Waals surface area contributed by atoms with Gasteiger partial charge in [-0.3, -0.25) is 4.90 Å². The molecule has 2 heteroatoms. The normalized spacial score (nSPS) is 17.4. The highest BCUT2D eigenvalue weighted by molar-refractivity contribution is 5.30. The molecule has 1 aliphatic heterocycles. The van der Waals surface area contributed by atoms with Gasteiger partial charge in [-0.05, 0) is 36.4 Å². The first kappa shape index (κ1) is 11.6. The zero-order valence-corrected chi connectivity index (χ0v) is 10.2. The predicted molar refractivity (Wildman–Crippen MR) is 68.0 cm³/mol. The minimum atomic E-state index is 0.762. The van der Waals surface area contributed by atoms with E-state index < -0.39 is 0 Å². The van der Waals surface area contributed by atoms with Gasteiger partial charge in [0.05, 0.1) is 0 Å². The summed E-state index contributed by atoms with van der Waals surface area (Å²) < 4.78 is 0. The Bertz CT molecular complexity index is 310. The molecule has 16 heavy (non-hydrogen) atoms. The first-order chi connectivity index (χ1) is 7.79. The van der Waals surface area contributed by atoms with Crippen LogP contribution in [0.5, 0.6) is 0 Å². The van der Waals surface area contributed by atoms with Gasteiger partial charge in [-0.1, -0.05) is 31.2 Å². The van der Waals surface area contributed by atoms with Crippen LogP contribution >= 0.6 is 0 Å². The second-order valence-electron chi connectivity index (χ2n) is 4.97. The zero-order valence-electron chi connectivity index (χ0n) is 10.2. The van der Waals surface area contributed by atoms with E-state index in [0.29, 0.717) is 0 Å². The second kappa shape index (κ2) is 5.46. The lowest BCUT2D eigenvalue weighted by atomic mass is 10.1. The fraction of sp³-hybridized carbons (Fsp3) is 0.571. The van der Waals surface area contributed by atoms with Crippen molar-refractivity contribution in [3.8, 4) is 0 Å². The molecule has 1 unspecified atom stereocenters. The standard InChI is InChI=1S/C14H22N2/c1-12(5-4-8-15)9-16-10-13-6-2-3-7-14(13)11-16/h2-3,6-7,12H,4-5,8-11,15H2,1H3. The Kier molecular flexibility index (Phi) is 3.97. The average molecular weight is 218 g/mol. The van der Waals surface area contributed by atoms with Crippen LogP contribution < -0.4 is 5.73 Å². The molecule has 2 rings (SSSR count). The molecular weight excluding hydrogens is 196 g/mol. The van der Waals surface area contributed by atoms with Crippen molar-refractivity contribution < 1.29 is 0 Å². The molecule has 88 valence electrons. The van der Waals surface area contributed by atoms with Crippen LogP contribution in [0, 0.1) is 5.92 Å². The van der Waals surface area contributed by atoms with E-state index in [1.54, 1.807) is 0 Å². The van der Waals surface area contributed by atoms with Crippen LogP contribution in [0.1, 0.15) is 30.9 Å². The summed E-state index contributed by atoms with van der Waals surface area (Å²) in [5.74, 6) is 0.762. The predicted octanol–water partition coefficient (Wildman–Crippen LogP) is 2.38. The quantitative estimate of drug-likeness (QED) is 0.822. The van der Waals surface area contributed by atoms with Gasteiger partial charge in [0.2, 0.25) is 0 Å². The fourth-order valence-electron chi connectivity index (χ4n) is 2.53.